The Bertz CT molecular complexity index is 354. The van der Waals surface area contributed by atoms with Crippen molar-refractivity contribution in [1.29, 1.82) is 0 Å². The van der Waals surface area contributed by atoms with Gasteiger partial charge < -0.3 is 10.1 Å². The van der Waals surface area contributed by atoms with E-state index < -0.39 is 0 Å². The van der Waals surface area contributed by atoms with Crippen LogP contribution in [-0.4, -0.2) is 20.2 Å². The highest BCUT2D eigenvalue weighted by Crippen LogP contribution is 2.30. The molecule has 1 saturated heterocycles. The van der Waals surface area contributed by atoms with E-state index in [1.165, 1.54) is 13.5 Å². The minimum absolute atomic E-state index is 0.285. The van der Waals surface area contributed by atoms with Crippen LogP contribution in [0.5, 0.6) is 5.75 Å². The first-order chi connectivity index (χ1) is 7.70. The fourth-order valence-electron chi connectivity index (χ4n) is 2.15. The summed E-state index contributed by atoms with van der Waals surface area (Å²) in [6.45, 7) is 2.11. The molecule has 0 aliphatic carbocycles. The molecule has 0 amide bonds. The van der Waals surface area contributed by atoms with Crippen LogP contribution in [-0.2, 0) is 6.42 Å². The molecule has 1 aromatic rings. The number of nitrogens with one attached hydrogen (secondary N) is 1. The molecule has 0 aromatic heterocycles. The van der Waals surface area contributed by atoms with E-state index in [0.29, 0.717) is 10.4 Å². The first kappa shape index (κ1) is 11.9. The van der Waals surface area contributed by atoms with Gasteiger partial charge in [-0.1, -0.05) is 0 Å². The maximum Gasteiger partial charge on any atom is 0.168 e. The van der Waals surface area contributed by atoms with Crippen LogP contribution in [0, 0.1) is 11.7 Å². The van der Waals surface area contributed by atoms with Crippen molar-refractivity contribution in [2.24, 2.45) is 5.92 Å². The Morgan fingerprint density at radius 3 is 2.94 bits per heavy atom. The van der Waals surface area contributed by atoms with Gasteiger partial charge in [-0.15, -0.1) is 0 Å². The topological polar surface area (TPSA) is 21.3 Å². The number of rotatable bonds is 3. The quantitative estimate of drug-likeness (QED) is 0.923. The van der Waals surface area contributed by atoms with Crippen molar-refractivity contribution in [1.82, 2.24) is 5.32 Å². The highest BCUT2D eigenvalue weighted by molar-refractivity contribution is 9.10. The molecular formula is C12H15BrFNO. The van der Waals surface area contributed by atoms with Crippen LogP contribution in [0.15, 0.2) is 16.6 Å². The average molecular weight is 288 g/mol. The number of benzene rings is 1. The summed E-state index contributed by atoms with van der Waals surface area (Å²) in [4.78, 5) is 0. The van der Waals surface area contributed by atoms with Gasteiger partial charge in [0.15, 0.2) is 11.6 Å². The Labute approximate surface area is 103 Å². The fraction of sp³-hybridized carbons (Fsp3) is 0.500. The minimum atomic E-state index is -0.294. The van der Waals surface area contributed by atoms with Gasteiger partial charge in [0.1, 0.15) is 0 Å². The van der Waals surface area contributed by atoms with Crippen LogP contribution in [0.3, 0.4) is 0 Å². The Kier molecular flexibility index (Phi) is 3.82. The predicted octanol–water partition coefficient (Wildman–Crippen LogP) is 2.75. The van der Waals surface area contributed by atoms with Gasteiger partial charge in [0.25, 0.3) is 0 Å². The highest BCUT2D eigenvalue weighted by Gasteiger charge is 2.17. The standard InChI is InChI=1S/C12H15BrFNO/c1-16-12-10(13)5-9(6-11(12)14)4-8-2-3-15-7-8/h5-6,8,15H,2-4,7H2,1H3. The maximum absolute atomic E-state index is 13.6. The molecule has 88 valence electrons. The summed E-state index contributed by atoms with van der Waals surface area (Å²) in [6.07, 6.45) is 2.10. The molecule has 1 atom stereocenters. The van der Waals surface area contributed by atoms with E-state index in [1.54, 1.807) is 6.07 Å². The molecule has 1 fully saturated rings. The van der Waals surface area contributed by atoms with Crippen molar-refractivity contribution < 1.29 is 9.13 Å². The molecule has 1 heterocycles. The average Bonchev–Trinajstić information content (AvgIpc) is 2.70. The zero-order valence-electron chi connectivity index (χ0n) is 9.22. The largest absolute Gasteiger partial charge is 0.492 e. The van der Waals surface area contributed by atoms with Crippen LogP contribution in [0.25, 0.3) is 0 Å². The van der Waals surface area contributed by atoms with Crippen molar-refractivity contribution in [3.63, 3.8) is 0 Å². The summed E-state index contributed by atoms with van der Waals surface area (Å²) in [5.41, 5.74) is 1.03. The molecule has 16 heavy (non-hydrogen) atoms. The summed E-state index contributed by atoms with van der Waals surface area (Å²) in [7, 11) is 1.48. The summed E-state index contributed by atoms with van der Waals surface area (Å²) < 4.78 is 19.3. The molecule has 1 aliphatic heterocycles. The van der Waals surface area contributed by atoms with Crippen molar-refractivity contribution in [3.05, 3.63) is 28.0 Å². The third-order valence-corrected chi connectivity index (χ3v) is 3.54. The van der Waals surface area contributed by atoms with E-state index in [-0.39, 0.29) is 11.6 Å². The zero-order valence-corrected chi connectivity index (χ0v) is 10.8. The first-order valence-corrected chi connectivity index (χ1v) is 6.22. The Morgan fingerprint density at radius 2 is 2.38 bits per heavy atom. The molecule has 2 nitrogen and oxygen atoms in total. The maximum atomic E-state index is 13.6. The fourth-order valence-corrected chi connectivity index (χ4v) is 2.79. The molecule has 1 aromatic carbocycles. The summed E-state index contributed by atoms with van der Waals surface area (Å²) in [5, 5.41) is 3.31. The van der Waals surface area contributed by atoms with E-state index in [1.807, 2.05) is 6.07 Å². The molecule has 1 unspecified atom stereocenters. The normalized spacial score (nSPS) is 20.1. The number of hydrogen-bond acceptors (Lipinski definition) is 2. The Hall–Kier alpha value is -0.610. The second kappa shape index (κ2) is 5.15. The third kappa shape index (κ3) is 2.55. The molecule has 0 saturated carbocycles. The number of halogens is 2. The Balaban J connectivity index is 2.15. The molecule has 0 spiro atoms. The van der Waals surface area contributed by atoms with E-state index in [0.717, 1.165) is 25.1 Å². The lowest BCUT2D eigenvalue weighted by molar-refractivity contribution is 0.383. The molecule has 1 N–H and O–H groups in total. The number of hydrogen-bond donors (Lipinski definition) is 1. The molecule has 0 bridgehead atoms. The molecule has 4 heteroatoms. The van der Waals surface area contributed by atoms with E-state index in [2.05, 4.69) is 21.2 Å². The summed E-state index contributed by atoms with van der Waals surface area (Å²) >= 11 is 3.33. The van der Waals surface area contributed by atoms with E-state index >= 15 is 0 Å². The number of ether oxygens (including phenoxy) is 1. The monoisotopic (exact) mass is 287 g/mol. The van der Waals surface area contributed by atoms with Gasteiger partial charge in [-0.3, -0.25) is 0 Å². The Morgan fingerprint density at radius 1 is 1.56 bits per heavy atom. The van der Waals surface area contributed by atoms with Gasteiger partial charge in [0, 0.05) is 0 Å². The van der Waals surface area contributed by atoms with Crippen LogP contribution < -0.4 is 10.1 Å². The van der Waals surface area contributed by atoms with Crippen LogP contribution >= 0.6 is 15.9 Å². The van der Waals surface area contributed by atoms with Gasteiger partial charge >= 0.3 is 0 Å². The van der Waals surface area contributed by atoms with Gasteiger partial charge in [0.2, 0.25) is 0 Å². The summed E-state index contributed by atoms with van der Waals surface area (Å²) in [5.74, 6) is 0.617. The second-order valence-electron chi connectivity index (χ2n) is 4.16. The zero-order chi connectivity index (χ0) is 11.5. The van der Waals surface area contributed by atoms with Crippen molar-refractivity contribution >= 4 is 15.9 Å². The van der Waals surface area contributed by atoms with Gasteiger partial charge in [0.05, 0.1) is 11.6 Å². The second-order valence-corrected chi connectivity index (χ2v) is 5.01. The van der Waals surface area contributed by atoms with Crippen molar-refractivity contribution in [2.45, 2.75) is 12.8 Å². The lowest BCUT2D eigenvalue weighted by Gasteiger charge is -2.11. The van der Waals surface area contributed by atoms with Crippen molar-refractivity contribution in [2.75, 3.05) is 20.2 Å². The third-order valence-electron chi connectivity index (χ3n) is 2.95. The smallest absolute Gasteiger partial charge is 0.168 e. The first-order valence-electron chi connectivity index (χ1n) is 5.43. The molecule has 1 aliphatic rings. The lowest BCUT2D eigenvalue weighted by Crippen LogP contribution is -2.11. The van der Waals surface area contributed by atoms with Gasteiger partial charge in [-0.25, -0.2) is 4.39 Å². The summed E-state index contributed by atoms with van der Waals surface area (Å²) in [6, 6.07) is 3.52. The van der Waals surface area contributed by atoms with Crippen molar-refractivity contribution in [3.8, 4) is 5.75 Å². The molecule has 2 rings (SSSR count). The SMILES string of the molecule is COc1c(F)cc(CC2CCNC2)cc1Br. The molecular weight excluding hydrogens is 273 g/mol. The van der Waals surface area contributed by atoms with Gasteiger partial charge in [-0.2, -0.15) is 0 Å². The van der Waals surface area contributed by atoms with Gasteiger partial charge in [-0.05, 0) is 65.5 Å². The van der Waals surface area contributed by atoms with E-state index in [4.69, 9.17) is 4.74 Å². The van der Waals surface area contributed by atoms with Crippen LogP contribution in [0.4, 0.5) is 4.39 Å². The van der Waals surface area contributed by atoms with Crippen LogP contribution in [0.1, 0.15) is 12.0 Å². The van der Waals surface area contributed by atoms with E-state index in [9.17, 15) is 4.39 Å². The van der Waals surface area contributed by atoms with Crippen LogP contribution in [0.2, 0.25) is 0 Å². The predicted molar refractivity (Wildman–Crippen MR) is 65.3 cm³/mol. The lowest BCUT2D eigenvalue weighted by atomic mass is 9.98. The highest BCUT2D eigenvalue weighted by atomic mass is 79.9. The number of methoxy groups -OCH3 is 1. The minimum Gasteiger partial charge on any atom is -0.492 e. The molecule has 0 radical (unpaired) electrons.